The second-order valence-electron chi connectivity index (χ2n) is 25.0. The van der Waals surface area contributed by atoms with Crippen LogP contribution in [-0.2, 0) is 124 Å². The average Bonchev–Trinajstić information content (AvgIpc) is 1.10. The van der Waals surface area contributed by atoms with E-state index in [1.807, 2.05) is 0 Å². The number of hydrogen-bond donors (Lipinski definition) is 0. The van der Waals surface area contributed by atoms with E-state index >= 15 is 0 Å². The molecular weight excluding hydrogens is 1950 g/mol. The van der Waals surface area contributed by atoms with Gasteiger partial charge in [-0.3, -0.25) is 16.7 Å². The van der Waals surface area contributed by atoms with Gasteiger partial charge in [0.1, 0.15) is 40.1 Å². The van der Waals surface area contributed by atoms with Gasteiger partial charge in [0.2, 0.25) is 0 Å². The maximum atomic E-state index is 13.7. The predicted molar refractivity (Wildman–Crippen MR) is 500 cm³/mol. The van der Waals surface area contributed by atoms with E-state index in [1.54, 1.807) is 264 Å². The van der Waals surface area contributed by atoms with Gasteiger partial charge < -0.3 is 55.7 Å². The Hall–Kier alpha value is -11.4. The number of ether oxygens (including phenoxy) is 1. The number of hydrogen-bond acceptors (Lipinski definition) is 26. The minimum absolute atomic E-state index is 0.00859. The number of nitrogens with one attached hydrogen (secondary N) is 1. The molecule has 1 atom stereocenters. The Morgan fingerprint density at radius 3 is 0.962 bits per heavy atom. The standard InChI is InChI=1S/C18H15NO3PS.C13H11NO3S.C12H10NO3S2.C10H15NO5PS.C9H11NO4S.C8H8N3O4S2.C8H10NO2S.C6H6NO2S/c20-23(16-10-4-1-5-11-16,17-12-6-2-7-13-17)19-24(21,22)18-14-8-3-9-15-18;15-13(11-7-3-1-4-8-11)14-18(16,17)12-9-5-2-6-10-12;14-17(11-7-3-1-4-8-11)13-18(15,16)12-9-5-2-6-10-12;1-3-15-17(12,16-4-2)11-18(13,14)10-8-6-5-7-9-10;1-2-14-9(11)10-15(12,13)8-6-4-3-5-7-8;12-16(13,10-5-1-2-6-10)9-17(14,15)11-7-3-4-8-11;1-2-9-12(10,11)8-6-4-3-5-7-8;7-10(8,9)6-4-2-1-3-5-6/h1-15H;1-10H,(H,14,15);1-10H;5-9H,3-4H2,1-2H3;3-7H,2H2,1H3,(H,10,11);1-8H;3-7H,2H2,1H3;1-5H,(H-,7,8,9)/q-1;;2*-1;;3*-1/p-2. The quantitative estimate of drug-likeness (QED) is 0.0229. The van der Waals surface area contributed by atoms with Gasteiger partial charge in [-0.15, -0.1) is 10.9 Å². The lowest BCUT2D eigenvalue weighted by molar-refractivity contribution is -0.249. The van der Waals surface area contributed by atoms with Crippen LogP contribution in [0.1, 0.15) is 33.3 Å². The molecule has 132 heavy (non-hydrogen) atoms. The maximum Gasteiger partial charge on any atom is 0.284 e. The highest BCUT2D eigenvalue weighted by Gasteiger charge is 2.24. The van der Waals surface area contributed by atoms with E-state index in [1.165, 1.54) is 146 Å². The molecule has 704 valence electrons. The van der Waals surface area contributed by atoms with Gasteiger partial charge in [0.15, 0.2) is 26.5 Å². The molecule has 36 nitrogen and oxygen atoms in total. The highest BCUT2D eigenvalue weighted by atomic mass is 32.3. The van der Waals surface area contributed by atoms with Gasteiger partial charge >= 0.3 is 0 Å². The second-order valence-corrected chi connectivity index (χ2v) is 45.3. The Labute approximate surface area is 771 Å². The van der Waals surface area contributed by atoms with Gasteiger partial charge in [0.05, 0.1) is 40.3 Å². The van der Waals surface area contributed by atoms with Crippen LogP contribution in [0.5, 0.6) is 0 Å². The van der Waals surface area contributed by atoms with Crippen molar-refractivity contribution in [2.45, 2.75) is 66.9 Å². The molecule has 13 rings (SSSR count). The van der Waals surface area contributed by atoms with Gasteiger partial charge in [-0.2, -0.15) is 21.2 Å². The lowest BCUT2D eigenvalue weighted by Crippen LogP contribution is -2.22. The van der Waals surface area contributed by atoms with Gasteiger partial charge in [-0.1, -0.05) is 250 Å². The summed E-state index contributed by atoms with van der Waals surface area (Å²) in [7, 11) is -45.1. The van der Waals surface area contributed by atoms with Crippen molar-refractivity contribution in [3.63, 3.8) is 0 Å². The van der Waals surface area contributed by atoms with Crippen molar-refractivity contribution in [2.75, 3.05) is 26.4 Å². The van der Waals surface area contributed by atoms with Crippen molar-refractivity contribution in [1.82, 2.24) is 7.94 Å². The minimum Gasteiger partial charge on any atom is -0.858 e. The third-order valence-electron chi connectivity index (χ3n) is 15.5. The summed E-state index contributed by atoms with van der Waals surface area (Å²) in [6.07, 6.45) is 3.70. The lowest BCUT2D eigenvalue weighted by atomic mass is 10.2. The SMILES string of the molecule is CCOC([O-])=NS(=O)(=O)c1ccccc1.CCOP(=O)([N-]S(=O)(=O)c1ccccc1)OCC.CC[N-]S(=O)(=O)c1ccccc1.O=P([N-]S(=O)(=O)c1ccccc1)(c1ccccc1)c1ccccc1.O=S(=O)(N=C([O-])c1ccccc1)c1ccccc1.O=S(=O)([N-]S(=O)(=O)n1cccc1)n1cccc1.O=S([N-]S(=O)(=O)c1ccccc1)c1ccccc1.[NH-]S(=O)(=O)c1ccccc1. The Morgan fingerprint density at radius 1 is 0.356 bits per heavy atom. The molecule has 11 aromatic carbocycles. The molecule has 1 N–H and O–H groups in total. The zero-order valence-corrected chi connectivity index (χ0v) is 79.8. The Balaban J connectivity index is 0.000000235. The maximum absolute atomic E-state index is 13.7. The van der Waals surface area contributed by atoms with Crippen molar-refractivity contribution in [2.24, 2.45) is 8.80 Å². The van der Waals surface area contributed by atoms with Crippen molar-refractivity contribution < 1.29 is 113 Å². The van der Waals surface area contributed by atoms with E-state index in [0.717, 1.165) is 0 Å². The summed E-state index contributed by atoms with van der Waals surface area (Å²) < 4.78 is 285. The molecule has 0 aliphatic rings. The third-order valence-corrected chi connectivity index (χ3v) is 34.7. The summed E-state index contributed by atoms with van der Waals surface area (Å²) >= 11 is 0. The third kappa shape index (κ3) is 36.3. The molecule has 0 fully saturated rings. The number of sulfonamides is 7. The largest absolute Gasteiger partial charge is 0.858 e. The van der Waals surface area contributed by atoms with Gasteiger partial charge in [-0.25, -0.2) is 58.9 Å². The number of aromatic nitrogens is 2. The van der Waals surface area contributed by atoms with Crippen LogP contribution in [0.3, 0.4) is 0 Å². The summed E-state index contributed by atoms with van der Waals surface area (Å²) in [6.45, 7) is 6.90. The number of nitrogens with zero attached hydrogens (tertiary/aromatic N) is 9. The van der Waals surface area contributed by atoms with Crippen LogP contribution >= 0.6 is 15.0 Å². The topological polar surface area (TPSA) is 561 Å². The molecule has 2 heterocycles. The highest BCUT2D eigenvalue weighted by Crippen LogP contribution is 2.57. The van der Waals surface area contributed by atoms with E-state index in [4.69, 9.17) is 14.2 Å². The lowest BCUT2D eigenvalue weighted by Gasteiger charge is -2.32. The van der Waals surface area contributed by atoms with Crippen molar-refractivity contribution in [3.05, 3.63) is 415 Å². The van der Waals surface area contributed by atoms with Crippen LogP contribution in [0.4, 0.5) is 0 Å². The highest BCUT2D eigenvalue weighted by molar-refractivity contribution is 8.11. The molecular formula is C84H84N10O26P2S10-8. The van der Waals surface area contributed by atoms with Crippen LogP contribution < -0.4 is 20.8 Å². The van der Waals surface area contributed by atoms with E-state index in [9.17, 15) is 99.3 Å². The van der Waals surface area contributed by atoms with Gasteiger partial charge in [0.25, 0.3) is 27.8 Å². The van der Waals surface area contributed by atoms with E-state index in [0.29, 0.717) is 23.4 Å². The van der Waals surface area contributed by atoms with Crippen LogP contribution in [-0.4, -0.2) is 126 Å². The van der Waals surface area contributed by atoms with Crippen LogP contribution in [0.2, 0.25) is 0 Å². The molecule has 0 amide bonds. The van der Waals surface area contributed by atoms with Crippen LogP contribution in [0, 0.1) is 0 Å². The fourth-order valence-electron chi connectivity index (χ4n) is 9.64. The van der Waals surface area contributed by atoms with E-state index in [2.05, 4.69) is 35.5 Å². The van der Waals surface area contributed by atoms with Crippen LogP contribution in [0.25, 0.3) is 27.1 Å². The first-order valence-electron chi connectivity index (χ1n) is 38.0. The van der Waals surface area contributed by atoms with E-state index in [-0.39, 0.29) is 66.2 Å². The van der Waals surface area contributed by atoms with Gasteiger partial charge in [-0.05, 0) is 169 Å². The molecule has 0 saturated heterocycles. The first-order chi connectivity index (χ1) is 62.4. The molecule has 2 aromatic heterocycles. The molecule has 0 saturated carbocycles. The molecule has 48 heteroatoms. The number of rotatable bonds is 30. The zero-order valence-electron chi connectivity index (χ0n) is 69.8. The Kier molecular flexibility index (Phi) is 43.2. The smallest absolute Gasteiger partial charge is 0.284 e. The first-order valence-corrected chi connectivity index (χ1v) is 55.1. The predicted octanol–water partition coefficient (Wildman–Crippen LogP) is 14.1. The number of benzene rings is 11. The molecule has 0 spiro atoms. The summed E-state index contributed by atoms with van der Waals surface area (Å²) in [5.74, 6) is -0.764. The minimum atomic E-state index is -4.27. The Morgan fingerprint density at radius 2 is 0.644 bits per heavy atom. The van der Waals surface area contributed by atoms with E-state index < -0.39 is 129 Å². The molecule has 13 aromatic rings. The van der Waals surface area contributed by atoms with Gasteiger partial charge in [0, 0.05) is 60.1 Å². The second kappa shape index (κ2) is 52.1. The summed E-state index contributed by atoms with van der Waals surface area (Å²) in [5, 5.41) is 30.0. The molecule has 0 radical (unpaired) electrons. The van der Waals surface area contributed by atoms with Crippen molar-refractivity contribution >= 4 is 139 Å². The fourth-order valence-corrected chi connectivity index (χ4v) is 25.0. The molecule has 1 unspecified atom stereocenters. The summed E-state index contributed by atoms with van der Waals surface area (Å²) in [5.41, 5.74) is 0.247. The molecule has 0 bridgehead atoms. The first kappa shape index (κ1) is 109. The normalized spacial score (nSPS) is 12.3. The van der Waals surface area contributed by atoms with Crippen molar-refractivity contribution in [3.8, 4) is 0 Å². The molecule has 0 aliphatic heterocycles. The van der Waals surface area contributed by atoms with Crippen molar-refractivity contribution in [1.29, 1.82) is 0 Å². The fraction of sp³-hybridized carbons (Fsp3) is 0.0952. The molecule has 0 aliphatic carbocycles. The summed E-state index contributed by atoms with van der Waals surface area (Å²) in [6, 6.07) is 93.2. The zero-order chi connectivity index (χ0) is 97.2. The summed E-state index contributed by atoms with van der Waals surface area (Å²) in [4.78, 5) is 0.641. The van der Waals surface area contributed by atoms with Crippen LogP contribution in [0.15, 0.2) is 431 Å². The monoisotopic (exact) mass is 2030 g/mol. The Bertz CT molecular complexity index is 6930. The average molecular weight is 2030 g/mol.